The normalized spacial score (nSPS) is 19.0. The quantitative estimate of drug-likeness (QED) is 0.471. The predicted molar refractivity (Wildman–Crippen MR) is 130 cm³/mol. The molecule has 0 aromatic heterocycles. The summed E-state index contributed by atoms with van der Waals surface area (Å²) in [5, 5.41) is 13.1. The molecular formula is C25H26ClN2O4S-. The highest BCUT2D eigenvalue weighted by molar-refractivity contribution is 7.89. The number of carbonyl (C=O) groups is 1. The number of hydroxylamine groups is 1. The highest BCUT2D eigenvalue weighted by Crippen LogP contribution is 2.32. The van der Waals surface area contributed by atoms with Gasteiger partial charge in [-0.1, -0.05) is 60.1 Å². The van der Waals surface area contributed by atoms with Crippen LogP contribution in [0.15, 0.2) is 71.6 Å². The number of rotatable bonds is 7. The first-order chi connectivity index (χ1) is 15.9. The molecule has 0 bridgehead atoms. The molecule has 174 valence electrons. The SMILES string of the molecule is O=C(N[O-])C1CCC(CN(Cc2ccccc2Cl)S(=O)(=O)c2ccc3ccccc3c2)CC1. The van der Waals surface area contributed by atoms with E-state index in [4.69, 9.17) is 11.6 Å². The molecule has 0 saturated heterocycles. The lowest BCUT2D eigenvalue weighted by atomic mass is 9.81. The van der Waals surface area contributed by atoms with Crippen molar-refractivity contribution >= 4 is 38.3 Å². The number of carbonyl (C=O) groups excluding carboxylic acids is 1. The Balaban J connectivity index is 1.61. The zero-order valence-corrected chi connectivity index (χ0v) is 19.7. The second-order valence-corrected chi connectivity index (χ2v) is 10.9. The molecule has 33 heavy (non-hydrogen) atoms. The summed E-state index contributed by atoms with van der Waals surface area (Å²) in [6.07, 6.45) is 2.53. The fourth-order valence-electron chi connectivity index (χ4n) is 4.52. The summed E-state index contributed by atoms with van der Waals surface area (Å²) in [7, 11) is -3.80. The summed E-state index contributed by atoms with van der Waals surface area (Å²) in [5.41, 5.74) is 2.22. The van der Waals surface area contributed by atoms with Crippen LogP contribution in [0.25, 0.3) is 10.8 Å². The molecule has 0 aliphatic heterocycles. The highest BCUT2D eigenvalue weighted by atomic mass is 35.5. The van der Waals surface area contributed by atoms with Crippen molar-refractivity contribution in [3.63, 3.8) is 0 Å². The van der Waals surface area contributed by atoms with Gasteiger partial charge in [0.25, 0.3) is 0 Å². The average Bonchev–Trinajstić information content (AvgIpc) is 2.84. The van der Waals surface area contributed by atoms with Gasteiger partial charge < -0.3 is 10.7 Å². The number of nitrogens with one attached hydrogen (secondary N) is 1. The average molecular weight is 486 g/mol. The molecule has 1 N–H and O–H groups in total. The minimum Gasteiger partial charge on any atom is -0.759 e. The van der Waals surface area contributed by atoms with Crippen molar-refractivity contribution in [1.82, 2.24) is 9.79 Å². The molecule has 0 atom stereocenters. The van der Waals surface area contributed by atoms with Gasteiger partial charge in [-0.2, -0.15) is 4.31 Å². The maximum atomic E-state index is 13.8. The number of benzene rings is 3. The molecule has 0 heterocycles. The van der Waals surface area contributed by atoms with Crippen LogP contribution in [0.5, 0.6) is 0 Å². The van der Waals surface area contributed by atoms with Crippen molar-refractivity contribution in [1.29, 1.82) is 0 Å². The van der Waals surface area contributed by atoms with Crippen molar-refractivity contribution < 1.29 is 13.2 Å². The van der Waals surface area contributed by atoms with E-state index >= 15 is 0 Å². The Bertz CT molecular complexity index is 1240. The first kappa shape index (κ1) is 23.7. The van der Waals surface area contributed by atoms with E-state index in [1.54, 1.807) is 18.2 Å². The number of nitrogens with zero attached hydrogens (tertiary/aromatic N) is 1. The first-order valence-corrected chi connectivity index (χ1v) is 12.8. The number of halogens is 1. The van der Waals surface area contributed by atoms with Crippen molar-refractivity contribution in [2.24, 2.45) is 11.8 Å². The van der Waals surface area contributed by atoms with Gasteiger partial charge in [-0.3, -0.25) is 4.79 Å². The van der Waals surface area contributed by atoms with E-state index in [-0.39, 0.29) is 23.3 Å². The lowest BCUT2D eigenvalue weighted by Gasteiger charge is -2.32. The second kappa shape index (κ2) is 10.2. The molecule has 0 spiro atoms. The molecule has 1 saturated carbocycles. The van der Waals surface area contributed by atoms with Gasteiger partial charge in [0.2, 0.25) is 15.9 Å². The maximum absolute atomic E-state index is 13.8. The molecule has 1 aliphatic carbocycles. The van der Waals surface area contributed by atoms with E-state index in [0.29, 0.717) is 37.3 Å². The minimum absolute atomic E-state index is 0.0958. The number of amides is 1. The van der Waals surface area contributed by atoms with Gasteiger partial charge in [0, 0.05) is 24.0 Å². The molecule has 1 fully saturated rings. The van der Waals surface area contributed by atoms with Crippen molar-refractivity contribution in [2.45, 2.75) is 37.1 Å². The molecule has 0 unspecified atom stereocenters. The lowest BCUT2D eigenvalue weighted by molar-refractivity contribution is -0.125. The summed E-state index contributed by atoms with van der Waals surface area (Å²) < 4.78 is 29.0. The summed E-state index contributed by atoms with van der Waals surface area (Å²) in [6, 6.07) is 20.1. The van der Waals surface area contributed by atoms with Crippen molar-refractivity contribution in [2.75, 3.05) is 6.54 Å². The second-order valence-electron chi connectivity index (χ2n) is 8.58. The van der Waals surface area contributed by atoms with E-state index in [1.807, 2.05) is 48.5 Å². The zero-order chi connectivity index (χ0) is 23.4. The van der Waals surface area contributed by atoms with Gasteiger partial charge in [0.05, 0.1) is 4.90 Å². The van der Waals surface area contributed by atoms with Crippen molar-refractivity contribution in [3.05, 3.63) is 82.5 Å². The van der Waals surface area contributed by atoms with Gasteiger partial charge >= 0.3 is 0 Å². The van der Waals surface area contributed by atoms with E-state index in [0.717, 1.165) is 16.3 Å². The summed E-state index contributed by atoms with van der Waals surface area (Å²) in [5.74, 6) is -0.684. The molecule has 1 aliphatic rings. The summed E-state index contributed by atoms with van der Waals surface area (Å²) >= 11 is 6.36. The van der Waals surface area contributed by atoms with Crippen LogP contribution in [0.4, 0.5) is 0 Å². The minimum atomic E-state index is -3.80. The summed E-state index contributed by atoms with van der Waals surface area (Å²) in [4.78, 5) is 11.9. The molecule has 3 aromatic carbocycles. The van der Waals surface area contributed by atoms with Crippen LogP contribution in [-0.2, 0) is 21.4 Å². The third kappa shape index (κ3) is 5.38. The number of hydrogen-bond acceptors (Lipinski definition) is 4. The third-order valence-electron chi connectivity index (χ3n) is 6.44. The van der Waals surface area contributed by atoms with Gasteiger partial charge in [0.15, 0.2) is 0 Å². The molecule has 6 nitrogen and oxygen atoms in total. The molecule has 4 rings (SSSR count). The van der Waals surface area contributed by atoms with Crippen molar-refractivity contribution in [3.8, 4) is 0 Å². The van der Waals surface area contributed by atoms with Crippen LogP contribution >= 0.6 is 11.6 Å². The zero-order valence-electron chi connectivity index (χ0n) is 18.1. The largest absolute Gasteiger partial charge is 0.759 e. The smallest absolute Gasteiger partial charge is 0.243 e. The Morgan fingerprint density at radius 2 is 1.64 bits per heavy atom. The standard InChI is InChI=1S/C25H26ClN2O4S/c26-24-8-4-3-7-22(24)17-28(16-18-9-11-20(12-10-18)25(29)27-30)33(31,32)23-14-13-19-5-1-2-6-21(19)15-23/h1-8,13-15,18,20H,9-12,16-17H2,(H-,27,29,30)/q-1. The van der Waals surface area contributed by atoms with E-state index in [9.17, 15) is 18.4 Å². The molecule has 8 heteroatoms. The van der Waals surface area contributed by atoms with E-state index < -0.39 is 15.9 Å². The maximum Gasteiger partial charge on any atom is 0.243 e. The number of fused-ring (bicyclic) bond motifs is 1. The van der Waals surface area contributed by atoms with Gasteiger partial charge in [0.1, 0.15) is 0 Å². The van der Waals surface area contributed by atoms with Crippen LogP contribution in [0.1, 0.15) is 31.2 Å². The monoisotopic (exact) mass is 485 g/mol. The Morgan fingerprint density at radius 1 is 0.970 bits per heavy atom. The molecular weight excluding hydrogens is 460 g/mol. The Morgan fingerprint density at radius 3 is 2.33 bits per heavy atom. The van der Waals surface area contributed by atoms with E-state index in [1.165, 1.54) is 9.79 Å². The first-order valence-electron chi connectivity index (χ1n) is 11.0. The van der Waals surface area contributed by atoms with E-state index in [2.05, 4.69) is 0 Å². The summed E-state index contributed by atoms with van der Waals surface area (Å²) in [6.45, 7) is 0.488. The van der Waals surface area contributed by atoms with Crippen LogP contribution in [0.3, 0.4) is 0 Å². The lowest BCUT2D eigenvalue weighted by Crippen LogP contribution is -2.37. The third-order valence-corrected chi connectivity index (χ3v) is 8.62. The van der Waals surface area contributed by atoms with Gasteiger partial charge in [-0.25, -0.2) is 8.42 Å². The van der Waals surface area contributed by atoms with Crippen LogP contribution < -0.4 is 5.48 Å². The van der Waals surface area contributed by atoms with Gasteiger partial charge in [-0.15, -0.1) is 0 Å². The number of sulfonamides is 1. The number of hydrogen-bond donors (Lipinski definition) is 1. The van der Waals surface area contributed by atoms with Crippen LogP contribution in [0.2, 0.25) is 5.02 Å². The Labute approximate surface area is 199 Å². The topological polar surface area (TPSA) is 89.5 Å². The fraction of sp³-hybridized carbons (Fsp3) is 0.320. The molecule has 1 amide bonds. The molecule has 3 aromatic rings. The Hall–Kier alpha value is -2.45. The highest BCUT2D eigenvalue weighted by Gasteiger charge is 2.31. The fourth-order valence-corrected chi connectivity index (χ4v) is 6.25. The Kier molecular flexibility index (Phi) is 7.34. The van der Waals surface area contributed by atoms with Crippen LogP contribution in [-0.4, -0.2) is 25.2 Å². The van der Waals surface area contributed by atoms with Gasteiger partial charge in [-0.05, 0) is 66.1 Å². The van der Waals surface area contributed by atoms with Crippen LogP contribution in [0, 0.1) is 17.0 Å². The molecule has 0 radical (unpaired) electrons. The predicted octanol–water partition coefficient (Wildman–Crippen LogP) is 5.10.